The zero-order valence-corrected chi connectivity index (χ0v) is 16.9. The van der Waals surface area contributed by atoms with Crippen LogP contribution in [0.2, 0.25) is 0 Å². The molecule has 0 aromatic rings. The average molecular weight is 351 g/mol. The Morgan fingerprint density at radius 2 is 1.56 bits per heavy atom. The second kappa shape index (κ2) is 15.4. The maximum absolute atomic E-state index is 9.92. The number of nitrogens with zero attached hydrogens (tertiary/aromatic N) is 2. The third-order valence-corrected chi connectivity index (χ3v) is 5.15. The van der Waals surface area contributed by atoms with Gasteiger partial charge >= 0.3 is 0 Å². The molecule has 0 spiro atoms. The first kappa shape index (κ1) is 22.2. The van der Waals surface area contributed by atoms with Crippen molar-refractivity contribution in [2.24, 2.45) is 4.99 Å². The number of allylic oxidation sites excluding steroid dienone is 1. The summed E-state index contributed by atoms with van der Waals surface area (Å²) in [6.07, 6.45) is 21.6. The zero-order valence-electron chi connectivity index (χ0n) is 16.9. The first-order chi connectivity index (χ1) is 12.2. The molecule has 3 nitrogen and oxygen atoms in total. The van der Waals surface area contributed by atoms with Crippen LogP contribution in [0.1, 0.15) is 97.3 Å². The monoisotopic (exact) mass is 350 g/mol. The van der Waals surface area contributed by atoms with Gasteiger partial charge in [-0.15, -0.1) is 0 Å². The Balaban J connectivity index is 1.94. The average Bonchev–Trinajstić information content (AvgIpc) is 3.11. The number of rotatable bonds is 16. The predicted octanol–water partition coefficient (Wildman–Crippen LogP) is 5.73. The molecule has 1 aliphatic heterocycles. The minimum atomic E-state index is -0.341. The van der Waals surface area contributed by atoms with E-state index in [1.54, 1.807) is 0 Å². The number of aliphatic hydroxyl groups is 1. The van der Waals surface area contributed by atoms with Gasteiger partial charge in [0.15, 0.2) is 0 Å². The van der Waals surface area contributed by atoms with Crippen LogP contribution < -0.4 is 0 Å². The summed E-state index contributed by atoms with van der Waals surface area (Å²) in [6.45, 7) is 6.87. The molecular formula is C22H42N2O. The highest BCUT2D eigenvalue weighted by Crippen LogP contribution is 2.14. The molecule has 0 saturated carbocycles. The molecule has 1 atom stereocenters. The molecule has 1 heterocycles. The Kier molecular flexibility index (Phi) is 13.7. The van der Waals surface area contributed by atoms with Gasteiger partial charge in [0, 0.05) is 13.1 Å². The molecule has 1 N–H and O–H groups in total. The molecule has 3 heteroatoms. The van der Waals surface area contributed by atoms with Crippen molar-refractivity contribution in [3.05, 3.63) is 11.6 Å². The second-order valence-corrected chi connectivity index (χ2v) is 7.62. The second-order valence-electron chi connectivity index (χ2n) is 7.62. The highest BCUT2D eigenvalue weighted by molar-refractivity contribution is 5.57. The summed E-state index contributed by atoms with van der Waals surface area (Å²) >= 11 is 0. The van der Waals surface area contributed by atoms with E-state index in [1.165, 1.54) is 77.0 Å². The van der Waals surface area contributed by atoms with Gasteiger partial charge in [-0.2, -0.15) is 0 Å². The van der Waals surface area contributed by atoms with Gasteiger partial charge < -0.3 is 10.0 Å². The Morgan fingerprint density at radius 3 is 2.04 bits per heavy atom. The summed E-state index contributed by atoms with van der Waals surface area (Å²) in [4.78, 5) is 6.43. The van der Waals surface area contributed by atoms with Crippen LogP contribution >= 0.6 is 0 Å². The van der Waals surface area contributed by atoms with Crippen molar-refractivity contribution in [1.82, 2.24) is 4.90 Å². The molecule has 1 unspecified atom stereocenters. The Morgan fingerprint density at radius 1 is 1.00 bits per heavy atom. The van der Waals surface area contributed by atoms with Crippen molar-refractivity contribution < 1.29 is 5.11 Å². The molecule has 0 amide bonds. The molecule has 25 heavy (non-hydrogen) atoms. The van der Waals surface area contributed by atoms with Crippen LogP contribution in [0.3, 0.4) is 0 Å². The summed E-state index contributed by atoms with van der Waals surface area (Å²) in [6, 6.07) is 0. The van der Waals surface area contributed by atoms with E-state index < -0.39 is 0 Å². The molecule has 0 saturated heterocycles. The lowest BCUT2D eigenvalue weighted by atomic mass is 10.0. The van der Waals surface area contributed by atoms with Gasteiger partial charge in [-0.1, -0.05) is 83.6 Å². The molecule has 0 bridgehead atoms. The molecule has 0 fully saturated rings. The number of hydrogen-bond acceptors (Lipinski definition) is 3. The van der Waals surface area contributed by atoms with E-state index in [0.29, 0.717) is 0 Å². The summed E-state index contributed by atoms with van der Waals surface area (Å²) in [5.74, 6) is 0. The molecule has 0 radical (unpaired) electrons. The molecule has 0 aromatic carbocycles. The number of aliphatic hydroxyl groups excluding tert-OH is 1. The summed E-state index contributed by atoms with van der Waals surface area (Å²) in [5, 5.41) is 9.92. The molecular weight excluding hydrogens is 308 g/mol. The SMILES string of the molecule is CCCCCCCCCCCCCC/C=C(/CN1C=NCC1)C(C)O. The quantitative estimate of drug-likeness (QED) is 0.285. The van der Waals surface area contributed by atoms with Gasteiger partial charge in [0.25, 0.3) is 0 Å². The van der Waals surface area contributed by atoms with Gasteiger partial charge in [-0.05, 0) is 25.3 Å². The first-order valence-corrected chi connectivity index (χ1v) is 10.8. The normalized spacial score (nSPS) is 16.0. The van der Waals surface area contributed by atoms with Crippen molar-refractivity contribution in [3.8, 4) is 0 Å². The van der Waals surface area contributed by atoms with E-state index in [0.717, 1.165) is 31.6 Å². The van der Waals surface area contributed by atoms with Crippen LogP contribution in [-0.2, 0) is 0 Å². The number of unbranched alkanes of at least 4 members (excludes halogenated alkanes) is 12. The predicted molar refractivity (Wildman–Crippen MR) is 110 cm³/mol. The smallest absolute Gasteiger partial charge is 0.0854 e. The third kappa shape index (κ3) is 12.2. The lowest BCUT2D eigenvalue weighted by Gasteiger charge is -2.18. The van der Waals surface area contributed by atoms with E-state index in [-0.39, 0.29) is 6.10 Å². The Bertz CT molecular complexity index is 363. The molecule has 1 rings (SSSR count). The van der Waals surface area contributed by atoms with Crippen LogP contribution in [0.4, 0.5) is 0 Å². The van der Waals surface area contributed by atoms with E-state index in [4.69, 9.17) is 0 Å². The fourth-order valence-electron chi connectivity index (χ4n) is 3.41. The lowest BCUT2D eigenvalue weighted by Crippen LogP contribution is -2.26. The standard InChI is InChI=1S/C22H42N2O/c1-3-4-5-6-7-8-9-10-11-12-13-14-15-16-22(21(2)25)19-24-18-17-23-20-24/h16,20-21,25H,3-15,17-19H2,1-2H3/b22-16-. The largest absolute Gasteiger partial charge is 0.389 e. The molecule has 1 aliphatic rings. The lowest BCUT2D eigenvalue weighted by molar-refractivity contribution is 0.222. The highest BCUT2D eigenvalue weighted by Gasteiger charge is 2.11. The number of aliphatic imine (C=N–C) groups is 1. The summed E-state index contributed by atoms with van der Waals surface area (Å²) in [5.41, 5.74) is 1.15. The van der Waals surface area contributed by atoms with E-state index in [1.807, 2.05) is 13.3 Å². The third-order valence-electron chi connectivity index (χ3n) is 5.15. The van der Waals surface area contributed by atoms with Crippen molar-refractivity contribution in [2.75, 3.05) is 19.6 Å². The van der Waals surface area contributed by atoms with E-state index >= 15 is 0 Å². The van der Waals surface area contributed by atoms with Crippen LogP contribution in [0.15, 0.2) is 16.6 Å². The highest BCUT2D eigenvalue weighted by atomic mass is 16.3. The van der Waals surface area contributed by atoms with Crippen molar-refractivity contribution >= 4 is 6.34 Å². The van der Waals surface area contributed by atoms with Crippen LogP contribution in [0.25, 0.3) is 0 Å². The maximum Gasteiger partial charge on any atom is 0.0854 e. The summed E-state index contributed by atoms with van der Waals surface area (Å²) in [7, 11) is 0. The van der Waals surface area contributed by atoms with Crippen molar-refractivity contribution in [3.63, 3.8) is 0 Å². The Labute approximate surface area is 156 Å². The van der Waals surface area contributed by atoms with Crippen LogP contribution in [0.5, 0.6) is 0 Å². The minimum absolute atomic E-state index is 0.341. The minimum Gasteiger partial charge on any atom is -0.389 e. The molecule has 0 aliphatic carbocycles. The fourth-order valence-corrected chi connectivity index (χ4v) is 3.41. The van der Waals surface area contributed by atoms with E-state index in [2.05, 4.69) is 22.9 Å². The van der Waals surface area contributed by atoms with Crippen LogP contribution in [-0.4, -0.2) is 42.1 Å². The van der Waals surface area contributed by atoms with Gasteiger partial charge in [-0.25, -0.2) is 0 Å². The van der Waals surface area contributed by atoms with Gasteiger partial charge in [0.2, 0.25) is 0 Å². The van der Waals surface area contributed by atoms with Crippen LogP contribution in [0, 0.1) is 0 Å². The van der Waals surface area contributed by atoms with Crippen molar-refractivity contribution in [1.29, 1.82) is 0 Å². The van der Waals surface area contributed by atoms with Crippen molar-refractivity contribution in [2.45, 2.75) is 103 Å². The van der Waals surface area contributed by atoms with Gasteiger partial charge in [-0.3, -0.25) is 4.99 Å². The molecule has 146 valence electrons. The fraction of sp³-hybridized carbons (Fsp3) is 0.864. The Hall–Kier alpha value is -0.830. The van der Waals surface area contributed by atoms with Gasteiger partial charge in [0.1, 0.15) is 0 Å². The molecule has 0 aromatic heterocycles. The van der Waals surface area contributed by atoms with E-state index in [9.17, 15) is 5.11 Å². The number of hydrogen-bond donors (Lipinski definition) is 1. The first-order valence-electron chi connectivity index (χ1n) is 10.8. The summed E-state index contributed by atoms with van der Waals surface area (Å²) < 4.78 is 0. The van der Waals surface area contributed by atoms with Gasteiger partial charge in [0.05, 0.1) is 19.0 Å². The maximum atomic E-state index is 9.92. The zero-order chi connectivity index (χ0) is 18.2. The topological polar surface area (TPSA) is 35.8 Å².